The van der Waals surface area contributed by atoms with Crippen LogP contribution < -0.4 is 19.6 Å². The fraction of sp³-hybridized carbons (Fsp3) is 0.217. The maximum absolute atomic E-state index is 13.2. The Hall–Kier alpha value is -4.54. The number of carboxylic acids is 3. The van der Waals surface area contributed by atoms with Gasteiger partial charge in [0, 0.05) is 6.07 Å². The topological polar surface area (TPSA) is 170 Å². The van der Waals surface area contributed by atoms with Crippen molar-refractivity contribution in [1.82, 2.24) is 0 Å². The molecule has 0 unspecified atom stereocenters. The minimum Gasteiger partial charge on any atom is -0.482 e. The molecule has 0 saturated heterocycles. The van der Waals surface area contributed by atoms with Crippen molar-refractivity contribution in [2.45, 2.75) is 26.1 Å². The molecule has 3 aromatic rings. The number of ether oxygens (including phenoxy) is 3. The summed E-state index contributed by atoms with van der Waals surface area (Å²) in [5, 5.41) is 27.0. The first-order chi connectivity index (χ1) is 16.1. The Morgan fingerprint density at radius 2 is 1.47 bits per heavy atom. The summed E-state index contributed by atoms with van der Waals surface area (Å²) in [5.41, 5.74) is 0.228. The first kappa shape index (κ1) is 24.1. The molecule has 0 amide bonds. The van der Waals surface area contributed by atoms with Gasteiger partial charge >= 0.3 is 17.9 Å². The smallest absolute Gasteiger partial charge is 0.344 e. The third-order valence-corrected chi connectivity index (χ3v) is 4.67. The molecule has 0 radical (unpaired) electrons. The second-order valence-electron chi connectivity index (χ2n) is 7.18. The second kappa shape index (κ2) is 9.94. The van der Waals surface area contributed by atoms with Gasteiger partial charge in [0.15, 0.2) is 30.3 Å². The van der Waals surface area contributed by atoms with Crippen LogP contribution in [0, 0.1) is 0 Å². The quantitative estimate of drug-likeness (QED) is 0.396. The van der Waals surface area contributed by atoms with Crippen molar-refractivity contribution in [2.24, 2.45) is 0 Å². The molecule has 11 nitrogen and oxygen atoms in total. The maximum atomic E-state index is 13.2. The van der Waals surface area contributed by atoms with Crippen molar-refractivity contribution in [3.05, 3.63) is 52.9 Å². The van der Waals surface area contributed by atoms with Crippen molar-refractivity contribution in [3.8, 4) is 28.4 Å². The van der Waals surface area contributed by atoms with Gasteiger partial charge in [-0.3, -0.25) is 4.79 Å². The SMILES string of the molecule is C[C@H](Oc1cc2occ(-c3ccc(OCC(=O)O)cc3)c(=O)c2cc1O[C@H](C)C(=O)O)C(=O)O. The zero-order valence-corrected chi connectivity index (χ0v) is 18.0. The van der Waals surface area contributed by atoms with E-state index in [0.717, 1.165) is 0 Å². The minimum absolute atomic E-state index is 0.0478. The molecule has 178 valence electrons. The summed E-state index contributed by atoms with van der Waals surface area (Å²) in [4.78, 5) is 46.2. The van der Waals surface area contributed by atoms with E-state index in [-0.39, 0.29) is 28.0 Å². The van der Waals surface area contributed by atoms with Gasteiger partial charge in [-0.2, -0.15) is 0 Å². The highest BCUT2D eigenvalue weighted by Crippen LogP contribution is 2.34. The Balaban J connectivity index is 2.05. The van der Waals surface area contributed by atoms with Gasteiger partial charge in [0.1, 0.15) is 17.6 Å². The van der Waals surface area contributed by atoms with Gasteiger partial charge in [0.2, 0.25) is 5.43 Å². The Morgan fingerprint density at radius 1 is 0.912 bits per heavy atom. The lowest BCUT2D eigenvalue weighted by atomic mass is 10.1. The highest BCUT2D eigenvalue weighted by Gasteiger charge is 2.22. The van der Waals surface area contributed by atoms with Crippen LogP contribution in [0.25, 0.3) is 22.1 Å². The van der Waals surface area contributed by atoms with Crippen LogP contribution in [0.2, 0.25) is 0 Å². The van der Waals surface area contributed by atoms with Crippen LogP contribution in [-0.2, 0) is 14.4 Å². The minimum atomic E-state index is -1.31. The number of hydrogen-bond acceptors (Lipinski definition) is 8. The monoisotopic (exact) mass is 472 g/mol. The van der Waals surface area contributed by atoms with Gasteiger partial charge in [-0.25, -0.2) is 14.4 Å². The first-order valence-electron chi connectivity index (χ1n) is 9.90. The number of rotatable bonds is 10. The normalized spacial score (nSPS) is 12.5. The molecule has 3 rings (SSSR count). The summed E-state index contributed by atoms with van der Waals surface area (Å²) in [6, 6.07) is 8.58. The number of benzene rings is 2. The average Bonchev–Trinajstić information content (AvgIpc) is 2.79. The fourth-order valence-electron chi connectivity index (χ4n) is 2.88. The number of aliphatic carboxylic acids is 3. The third-order valence-electron chi connectivity index (χ3n) is 4.67. The Kier molecular flexibility index (Phi) is 7.05. The van der Waals surface area contributed by atoms with Gasteiger partial charge in [0.05, 0.1) is 10.9 Å². The summed E-state index contributed by atoms with van der Waals surface area (Å²) in [5.74, 6) is -3.61. The van der Waals surface area contributed by atoms with E-state index in [4.69, 9.17) is 28.8 Å². The molecule has 2 aromatic carbocycles. The Morgan fingerprint density at radius 3 is 2.00 bits per heavy atom. The third kappa shape index (κ3) is 5.44. The average molecular weight is 472 g/mol. The van der Waals surface area contributed by atoms with Crippen molar-refractivity contribution >= 4 is 28.9 Å². The fourth-order valence-corrected chi connectivity index (χ4v) is 2.88. The Bertz CT molecular complexity index is 1290. The molecule has 0 saturated carbocycles. The molecule has 0 bridgehead atoms. The summed E-state index contributed by atoms with van der Waals surface area (Å²) < 4.78 is 21.4. The summed E-state index contributed by atoms with van der Waals surface area (Å²) in [7, 11) is 0. The lowest BCUT2D eigenvalue weighted by Gasteiger charge is -2.17. The van der Waals surface area contributed by atoms with E-state index in [1.807, 2.05) is 0 Å². The molecule has 0 aliphatic rings. The maximum Gasteiger partial charge on any atom is 0.344 e. The van der Waals surface area contributed by atoms with Gasteiger partial charge in [-0.1, -0.05) is 12.1 Å². The summed E-state index contributed by atoms with van der Waals surface area (Å²) in [6.07, 6.45) is -1.39. The van der Waals surface area contributed by atoms with Crippen molar-refractivity contribution in [2.75, 3.05) is 6.61 Å². The van der Waals surface area contributed by atoms with Crippen LogP contribution in [0.4, 0.5) is 0 Å². The van der Waals surface area contributed by atoms with Gasteiger partial charge < -0.3 is 33.9 Å². The highest BCUT2D eigenvalue weighted by molar-refractivity contribution is 5.85. The van der Waals surface area contributed by atoms with Crippen LogP contribution >= 0.6 is 0 Å². The second-order valence-corrected chi connectivity index (χ2v) is 7.18. The molecule has 3 N–H and O–H groups in total. The van der Waals surface area contributed by atoms with E-state index in [9.17, 15) is 24.3 Å². The number of carboxylic acid groups (broad SMARTS) is 3. The molecule has 1 heterocycles. The lowest BCUT2D eigenvalue weighted by Crippen LogP contribution is -2.25. The Labute approximate surface area is 191 Å². The molecular formula is C23H20O11. The largest absolute Gasteiger partial charge is 0.482 e. The van der Waals surface area contributed by atoms with Gasteiger partial charge in [-0.15, -0.1) is 0 Å². The van der Waals surface area contributed by atoms with E-state index in [1.54, 1.807) is 12.1 Å². The van der Waals surface area contributed by atoms with Crippen molar-refractivity contribution < 1.29 is 48.3 Å². The molecule has 0 spiro atoms. The molecule has 0 fully saturated rings. The number of fused-ring (bicyclic) bond motifs is 1. The molecule has 34 heavy (non-hydrogen) atoms. The van der Waals surface area contributed by atoms with Crippen molar-refractivity contribution in [3.63, 3.8) is 0 Å². The molecule has 2 atom stereocenters. The van der Waals surface area contributed by atoms with E-state index in [1.165, 1.54) is 44.4 Å². The van der Waals surface area contributed by atoms with E-state index in [0.29, 0.717) is 11.3 Å². The van der Waals surface area contributed by atoms with Gasteiger partial charge in [0.25, 0.3) is 0 Å². The van der Waals surface area contributed by atoms with E-state index < -0.39 is 42.2 Å². The predicted molar refractivity (Wildman–Crippen MR) is 117 cm³/mol. The molecule has 1 aromatic heterocycles. The molecule has 0 aliphatic carbocycles. The van der Waals surface area contributed by atoms with Crippen molar-refractivity contribution in [1.29, 1.82) is 0 Å². The van der Waals surface area contributed by atoms with Crippen LogP contribution in [0.1, 0.15) is 13.8 Å². The van der Waals surface area contributed by atoms with Crippen LogP contribution in [0.3, 0.4) is 0 Å². The van der Waals surface area contributed by atoms with Gasteiger partial charge in [-0.05, 0) is 37.6 Å². The van der Waals surface area contributed by atoms with Crippen LogP contribution in [-0.4, -0.2) is 52.0 Å². The van der Waals surface area contributed by atoms with E-state index in [2.05, 4.69) is 0 Å². The first-order valence-corrected chi connectivity index (χ1v) is 9.90. The lowest BCUT2D eigenvalue weighted by molar-refractivity contribution is -0.145. The molecular weight excluding hydrogens is 452 g/mol. The zero-order chi connectivity index (χ0) is 25.0. The molecule has 0 aliphatic heterocycles. The standard InChI is InChI=1S/C23H20O11/c1-11(22(27)28)33-18-7-15-17(8-19(18)34-12(2)23(29)30)32-9-16(21(15)26)13-3-5-14(6-4-13)31-10-20(24)25/h3-9,11-12H,10H2,1-2H3,(H,24,25)(H,27,28)(H,29,30)/t11-,12+/m1/s1. The summed E-state index contributed by atoms with van der Waals surface area (Å²) in [6.45, 7) is 2.03. The molecule has 11 heteroatoms. The highest BCUT2D eigenvalue weighted by atomic mass is 16.6. The number of hydrogen-bond donors (Lipinski definition) is 3. The zero-order valence-electron chi connectivity index (χ0n) is 18.0. The summed E-state index contributed by atoms with van der Waals surface area (Å²) >= 11 is 0. The van der Waals surface area contributed by atoms with E-state index >= 15 is 0 Å². The predicted octanol–water partition coefficient (Wildman–Crippen LogP) is 2.63. The van der Waals surface area contributed by atoms with Crippen LogP contribution in [0.5, 0.6) is 17.2 Å². The van der Waals surface area contributed by atoms with Crippen LogP contribution in [0.15, 0.2) is 51.9 Å². The number of carbonyl (C=O) groups is 3.